The van der Waals surface area contributed by atoms with E-state index in [9.17, 15) is 4.79 Å². The Hall–Kier alpha value is -2.42. The van der Waals surface area contributed by atoms with Gasteiger partial charge in [0, 0.05) is 37.3 Å². The van der Waals surface area contributed by atoms with Gasteiger partial charge in [0.2, 0.25) is 0 Å². The Kier molecular flexibility index (Phi) is 9.11. The maximum absolute atomic E-state index is 10.2. The van der Waals surface area contributed by atoms with Crippen LogP contribution < -0.4 is 0 Å². The minimum absolute atomic E-state index is 0. The molecule has 0 fully saturated rings. The van der Waals surface area contributed by atoms with Crippen molar-refractivity contribution in [3.63, 3.8) is 0 Å². The summed E-state index contributed by atoms with van der Waals surface area (Å²) in [4.78, 5) is 15.0. The summed E-state index contributed by atoms with van der Waals surface area (Å²) in [6.45, 7) is 11.4. The van der Waals surface area contributed by atoms with E-state index in [1.165, 1.54) is 29.5 Å². The van der Waals surface area contributed by atoms with E-state index in [-0.39, 0.29) is 25.9 Å². The number of aryl methyl sites for hydroxylation is 2. The first-order chi connectivity index (χ1) is 12.8. The molecule has 3 aromatic rings. The first kappa shape index (κ1) is 23.6. The van der Waals surface area contributed by atoms with E-state index in [1.54, 1.807) is 6.92 Å². The molecule has 149 valence electrons. The molecule has 1 heterocycles. The van der Waals surface area contributed by atoms with E-state index in [4.69, 9.17) is 4.98 Å². The summed E-state index contributed by atoms with van der Waals surface area (Å²) in [5.41, 5.74) is 6.63. The molecule has 0 aliphatic heterocycles. The Labute approximate surface area is 181 Å². The van der Waals surface area contributed by atoms with Gasteiger partial charge in [-0.1, -0.05) is 23.8 Å². The summed E-state index contributed by atoms with van der Waals surface area (Å²) < 4.78 is 4.45. The summed E-state index contributed by atoms with van der Waals surface area (Å²) in [6.07, 6.45) is 1.38. The molecule has 0 aliphatic carbocycles. The summed E-state index contributed by atoms with van der Waals surface area (Å²) >= 11 is 0. The van der Waals surface area contributed by atoms with E-state index in [0.717, 1.165) is 22.3 Å². The van der Waals surface area contributed by atoms with Gasteiger partial charge in [-0.25, -0.2) is 0 Å². The molecule has 3 nitrogen and oxygen atoms in total. The number of ether oxygens (including phenoxy) is 1. The van der Waals surface area contributed by atoms with Crippen LogP contribution in [-0.4, -0.2) is 10.8 Å². The molecule has 1 radical (unpaired) electrons. The van der Waals surface area contributed by atoms with Gasteiger partial charge in [-0.2, -0.15) is 25.7 Å². The molecule has 28 heavy (non-hydrogen) atoms. The zero-order chi connectivity index (χ0) is 20.0. The van der Waals surface area contributed by atoms with Crippen LogP contribution in [-0.2, 0) is 29.6 Å². The minimum atomic E-state index is -0.0221. The summed E-state index contributed by atoms with van der Waals surface area (Å²) in [5.74, 6) is 0.517. The van der Waals surface area contributed by atoms with E-state index in [0.29, 0.717) is 5.76 Å². The number of nitrogens with zero attached hydrogens (tertiary/aromatic N) is 1. The van der Waals surface area contributed by atoms with Gasteiger partial charge in [-0.05, 0) is 45.4 Å². The normalized spacial score (nSPS) is 10.5. The second-order valence-electron chi connectivity index (χ2n) is 6.56. The van der Waals surface area contributed by atoms with Crippen molar-refractivity contribution in [3.05, 3.63) is 91.1 Å². The van der Waals surface area contributed by atoms with Crippen molar-refractivity contribution in [1.82, 2.24) is 4.98 Å². The standard InChI is InChI=1S/C18H16N.C6H9O2.Ir/c1-12-4-6-14(3)16(10-12)17-9-8-15-7-5-13(2)11-18(15)19-17;1-5(7)4-6(2)8-3;/h4-11H,3H2,1-2H3;4H,3H2,1-2H3;/q2*-1;/b;6-4-;. The molecule has 4 heteroatoms. The molecule has 0 saturated carbocycles. The average molecular weight is 552 g/mol. The molecule has 0 saturated heterocycles. The fraction of sp³-hybridized carbons (Fsp3) is 0.167. The molecule has 0 spiro atoms. The third-order valence-electron chi connectivity index (χ3n) is 4.02. The molecule has 1 aromatic heterocycles. The molecule has 0 aliphatic rings. The fourth-order valence-electron chi connectivity index (χ4n) is 2.63. The van der Waals surface area contributed by atoms with Gasteiger partial charge >= 0.3 is 0 Å². The van der Waals surface area contributed by atoms with Crippen LogP contribution in [0.4, 0.5) is 0 Å². The largest absolute Gasteiger partial charge is 0.668 e. The van der Waals surface area contributed by atoms with Gasteiger partial charge in [-0.15, -0.1) is 17.7 Å². The quantitative estimate of drug-likeness (QED) is 0.228. The number of allylic oxidation sites excluding steroid dienone is 2. The van der Waals surface area contributed by atoms with Crippen molar-refractivity contribution in [2.24, 2.45) is 0 Å². The third-order valence-corrected chi connectivity index (χ3v) is 4.02. The average Bonchev–Trinajstić information content (AvgIpc) is 2.63. The van der Waals surface area contributed by atoms with E-state index < -0.39 is 0 Å². The van der Waals surface area contributed by atoms with Crippen LogP contribution in [0.1, 0.15) is 30.5 Å². The van der Waals surface area contributed by atoms with Crippen molar-refractivity contribution in [1.29, 1.82) is 0 Å². The van der Waals surface area contributed by atoms with Gasteiger partial charge in [0.05, 0.1) is 11.3 Å². The van der Waals surface area contributed by atoms with Crippen molar-refractivity contribution in [2.75, 3.05) is 0 Å². The number of fused-ring (bicyclic) bond motifs is 1. The third kappa shape index (κ3) is 6.63. The molecular weight excluding hydrogens is 526 g/mol. The van der Waals surface area contributed by atoms with E-state index in [1.807, 2.05) is 6.07 Å². The Morgan fingerprint density at radius 1 is 1.00 bits per heavy atom. The molecular formula is C24H25IrNO2-2. The zero-order valence-electron chi connectivity index (χ0n) is 16.7. The van der Waals surface area contributed by atoms with Gasteiger partial charge in [0.15, 0.2) is 5.78 Å². The molecule has 0 unspecified atom stereocenters. The number of benzene rings is 2. The van der Waals surface area contributed by atoms with Crippen LogP contribution >= 0.6 is 0 Å². The fourth-order valence-corrected chi connectivity index (χ4v) is 2.63. The first-order valence-electron chi connectivity index (χ1n) is 8.71. The van der Waals surface area contributed by atoms with E-state index in [2.05, 4.69) is 75.1 Å². The maximum Gasteiger partial charge on any atom is 0.155 e. The monoisotopic (exact) mass is 552 g/mol. The number of ketones is 1. The van der Waals surface area contributed by atoms with Crippen LogP contribution in [0.5, 0.6) is 0 Å². The van der Waals surface area contributed by atoms with Crippen molar-refractivity contribution in [2.45, 2.75) is 27.7 Å². The predicted molar refractivity (Wildman–Crippen MR) is 112 cm³/mol. The van der Waals surface area contributed by atoms with Crippen LogP contribution in [0.2, 0.25) is 0 Å². The Morgan fingerprint density at radius 2 is 1.61 bits per heavy atom. The molecule has 0 atom stereocenters. The predicted octanol–water partition coefficient (Wildman–Crippen LogP) is 5.99. The minimum Gasteiger partial charge on any atom is -0.668 e. The Morgan fingerprint density at radius 3 is 2.21 bits per heavy atom. The smallest absolute Gasteiger partial charge is 0.155 e. The van der Waals surface area contributed by atoms with Crippen molar-refractivity contribution < 1.29 is 29.6 Å². The number of carbonyl (C=O) groups is 1. The van der Waals surface area contributed by atoms with Gasteiger partial charge in [0.1, 0.15) is 0 Å². The summed E-state index contributed by atoms with van der Waals surface area (Å²) in [7, 11) is 3.12. The zero-order valence-corrected chi connectivity index (χ0v) is 19.1. The molecule has 2 aromatic carbocycles. The van der Waals surface area contributed by atoms with E-state index >= 15 is 0 Å². The number of hydrogen-bond donors (Lipinski definition) is 0. The van der Waals surface area contributed by atoms with Gasteiger partial charge in [0.25, 0.3) is 0 Å². The van der Waals surface area contributed by atoms with Crippen LogP contribution in [0, 0.1) is 27.9 Å². The van der Waals surface area contributed by atoms with Crippen LogP contribution in [0.3, 0.4) is 0 Å². The molecule has 0 bridgehead atoms. The van der Waals surface area contributed by atoms with Crippen LogP contribution in [0.15, 0.2) is 60.4 Å². The number of pyridine rings is 1. The first-order valence-corrected chi connectivity index (χ1v) is 8.71. The number of hydrogen-bond acceptors (Lipinski definition) is 3. The second kappa shape index (κ2) is 10.8. The summed E-state index contributed by atoms with van der Waals surface area (Å²) in [5, 5.41) is 1.17. The van der Waals surface area contributed by atoms with Gasteiger partial charge < -0.3 is 4.74 Å². The van der Waals surface area contributed by atoms with Crippen LogP contribution in [0.25, 0.3) is 22.2 Å². The Bertz CT molecular complexity index is 993. The van der Waals surface area contributed by atoms with Crippen molar-refractivity contribution >= 4 is 16.7 Å². The summed E-state index contributed by atoms with van der Waals surface area (Å²) in [6, 6.07) is 16.8. The second-order valence-corrected chi connectivity index (χ2v) is 6.56. The molecule has 0 amide bonds. The molecule has 3 rings (SSSR count). The number of aromatic nitrogens is 1. The van der Waals surface area contributed by atoms with Gasteiger partial charge in [-0.3, -0.25) is 9.78 Å². The Balaban J connectivity index is 0.000000376. The molecule has 0 N–H and O–H groups in total. The topological polar surface area (TPSA) is 39.2 Å². The number of rotatable bonds is 3. The SMILES string of the molecule is [CH2-]O/C(C)=C\C(C)=O.[CH2-]c1ccc(C)cc1-c1ccc2ccc(C)cc2n1.[Ir]. The number of carbonyl (C=O) groups excluding carboxylic acids is 1. The van der Waals surface area contributed by atoms with Crippen molar-refractivity contribution in [3.8, 4) is 11.3 Å². The maximum atomic E-state index is 10.2.